The van der Waals surface area contributed by atoms with Gasteiger partial charge in [-0.15, -0.1) is 0 Å². The van der Waals surface area contributed by atoms with E-state index >= 15 is 0 Å². The minimum Gasteiger partial charge on any atom is -0.491 e. The quantitative estimate of drug-likeness (QED) is 0.385. The molecule has 0 aliphatic carbocycles. The zero-order valence-corrected chi connectivity index (χ0v) is 19.3. The number of anilines is 1. The SMILES string of the molecule is C=N/C(OC)=C(\C=C(/C)c1ccc2c(n1)[C@H](C)N(c1ccn(CC(C)(C)O)n1)C2=O)OC. The fraction of sp³-hybridized carbons (Fsp3) is 0.391. The van der Waals surface area contributed by atoms with Crippen molar-refractivity contribution in [2.75, 3.05) is 19.1 Å². The lowest BCUT2D eigenvalue weighted by Crippen LogP contribution is -2.28. The van der Waals surface area contributed by atoms with Crippen molar-refractivity contribution in [3.05, 3.63) is 59.1 Å². The second kappa shape index (κ2) is 8.96. The summed E-state index contributed by atoms with van der Waals surface area (Å²) in [5, 5.41) is 14.5. The normalized spacial score (nSPS) is 17.2. The van der Waals surface area contributed by atoms with Gasteiger partial charge in [-0.2, -0.15) is 5.10 Å². The van der Waals surface area contributed by atoms with Crippen LogP contribution in [0.1, 0.15) is 55.5 Å². The van der Waals surface area contributed by atoms with E-state index in [4.69, 9.17) is 14.5 Å². The molecule has 0 bridgehead atoms. The van der Waals surface area contributed by atoms with E-state index in [-0.39, 0.29) is 17.8 Å². The Kier molecular flexibility index (Phi) is 6.50. The van der Waals surface area contributed by atoms with Crippen LogP contribution in [0, 0.1) is 0 Å². The standard InChI is InChI=1S/C23H29N5O4/c1-14(12-18(31-6)21(24-5)32-7)17-9-8-16-20(25-17)15(2)28(22(16)29)19-10-11-27(26-19)13-23(3,4)30/h8-12,15,30H,5,13H2,1-4,6-7H3/b14-12+,21-18-/t15-/m0/s1. The number of aliphatic hydroxyl groups is 1. The Labute approximate surface area is 187 Å². The van der Waals surface area contributed by atoms with Crippen molar-refractivity contribution >= 4 is 24.0 Å². The lowest BCUT2D eigenvalue weighted by Gasteiger charge is -2.19. The number of amides is 1. The first-order valence-electron chi connectivity index (χ1n) is 10.2. The van der Waals surface area contributed by atoms with E-state index in [1.54, 1.807) is 53.9 Å². The van der Waals surface area contributed by atoms with E-state index in [1.807, 2.05) is 13.8 Å². The van der Waals surface area contributed by atoms with Crippen LogP contribution in [0.5, 0.6) is 0 Å². The average Bonchev–Trinajstić information content (AvgIpc) is 3.28. The highest BCUT2D eigenvalue weighted by molar-refractivity contribution is 6.10. The Morgan fingerprint density at radius 3 is 2.62 bits per heavy atom. The van der Waals surface area contributed by atoms with Gasteiger partial charge in [-0.3, -0.25) is 19.4 Å². The molecule has 3 rings (SSSR count). The third-order valence-corrected chi connectivity index (χ3v) is 5.10. The molecule has 9 heteroatoms. The molecule has 1 amide bonds. The van der Waals surface area contributed by atoms with Gasteiger partial charge in [0.25, 0.3) is 11.8 Å². The predicted octanol–water partition coefficient (Wildman–Crippen LogP) is 3.34. The zero-order chi connectivity index (χ0) is 23.6. The van der Waals surface area contributed by atoms with Gasteiger partial charge in [0.2, 0.25) is 0 Å². The van der Waals surface area contributed by atoms with E-state index in [1.165, 1.54) is 14.2 Å². The number of carbonyl (C=O) groups is 1. The number of nitrogens with zero attached hydrogens (tertiary/aromatic N) is 5. The highest BCUT2D eigenvalue weighted by atomic mass is 16.5. The maximum absolute atomic E-state index is 13.1. The van der Waals surface area contributed by atoms with Gasteiger partial charge >= 0.3 is 0 Å². The molecule has 0 saturated carbocycles. The van der Waals surface area contributed by atoms with Gasteiger partial charge in [0, 0.05) is 12.3 Å². The summed E-state index contributed by atoms with van der Waals surface area (Å²) in [5.74, 6) is 1.05. The molecule has 0 radical (unpaired) electrons. The smallest absolute Gasteiger partial charge is 0.262 e. The monoisotopic (exact) mass is 439 g/mol. The van der Waals surface area contributed by atoms with Gasteiger partial charge < -0.3 is 14.6 Å². The summed E-state index contributed by atoms with van der Waals surface area (Å²) in [6.45, 7) is 11.0. The third kappa shape index (κ3) is 4.57. The van der Waals surface area contributed by atoms with Gasteiger partial charge in [-0.1, -0.05) is 0 Å². The van der Waals surface area contributed by atoms with Crippen LogP contribution in [-0.4, -0.2) is 52.3 Å². The van der Waals surface area contributed by atoms with Crippen LogP contribution in [0.15, 0.2) is 47.1 Å². The average molecular weight is 440 g/mol. The van der Waals surface area contributed by atoms with Crippen LogP contribution < -0.4 is 4.90 Å². The Morgan fingerprint density at radius 2 is 2.03 bits per heavy atom. The lowest BCUT2D eigenvalue weighted by molar-refractivity contribution is 0.0578. The molecule has 1 aliphatic heterocycles. The summed E-state index contributed by atoms with van der Waals surface area (Å²) in [6.07, 6.45) is 3.52. The van der Waals surface area contributed by atoms with Crippen molar-refractivity contribution in [2.45, 2.75) is 45.9 Å². The molecule has 0 fully saturated rings. The van der Waals surface area contributed by atoms with Crippen molar-refractivity contribution in [3.63, 3.8) is 0 Å². The molecular formula is C23H29N5O4. The van der Waals surface area contributed by atoms with Crippen LogP contribution in [-0.2, 0) is 16.0 Å². The van der Waals surface area contributed by atoms with Crippen molar-refractivity contribution in [1.82, 2.24) is 14.8 Å². The lowest BCUT2D eigenvalue weighted by atomic mass is 10.1. The summed E-state index contributed by atoms with van der Waals surface area (Å²) in [6, 6.07) is 5.05. The third-order valence-electron chi connectivity index (χ3n) is 5.10. The molecule has 170 valence electrons. The molecule has 0 unspecified atom stereocenters. The minimum absolute atomic E-state index is 0.156. The second-order valence-corrected chi connectivity index (χ2v) is 8.23. The number of aliphatic imine (C=N–C) groups is 1. The summed E-state index contributed by atoms with van der Waals surface area (Å²) in [4.78, 5) is 23.3. The van der Waals surface area contributed by atoms with E-state index in [9.17, 15) is 9.90 Å². The number of methoxy groups -OCH3 is 2. The first kappa shape index (κ1) is 23.2. The van der Waals surface area contributed by atoms with Crippen LogP contribution in [0.25, 0.3) is 5.57 Å². The number of rotatable bonds is 8. The van der Waals surface area contributed by atoms with E-state index in [2.05, 4.69) is 16.8 Å². The maximum atomic E-state index is 13.1. The number of carbonyl (C=O) groups excluding carboxylic acids is 1. The number of hydrogen-bond acceptors (Lipinski definition) is 7. The van der Waals surface area contributed by atoms with Gasteiger partial charge in [-0.05, 0) is 58.2 Å². The summed E-state index contributed by atoms with van der Waals surface area (Å²) in [5.41, 5.74) is 1.82. The molecular weight excluding hydrogens is 410 g/mol. The molecule has 1 aliphatic rings. The second-order valence-electron chi connectivity index (χ2n) is 8.23. The molecule has 0 saturated heterocycles. The molecule has 0 aromatic carbocycles. The fourth-order valence-corrected chi connectivity index (χ4v) is 3.61. The van der Waals surface area contributed by atoms with Crippen LogP contribution >= 0.6 is 0 Å². The number of pyridine rings is 1. The first-order chi connectivity index (χ1) is 15.1. The summed E-state index contributed by atoms with van der Waals surface area (Å²) >= 11 is 0. The Hall–Kier alpha value is -3.46. The van der Waals surface area contributed by atoms with E-state index in [0.717, 1.165) is 5.57 Å². The van der Waals surface area contributed by atoms with E-state index in [0.29, 0.717) is 35.1 Å². The number of hydrogen-bond donors (Lipinski definition) is 1. The minimum atomic E-state index is -0.910. The number of fused-ring (bicyclic) bond motifs is 1. The topological polar surface area (TPSA) is 102 Å². The zero-order valence-electron chi connectivity index (χ0n) is 19.3. The largest absolute Gasteiger partial charge is 0.491 e. The number of allylic oxidation sites excluding steroid dienone is 2. The Morgan fingerprint density at radius 1 is 1.31 bits per heavy atom. The predicted molar refractivity (Wildman–Crippen MR) is 122 cm³/mol. The van der Waals surface area contributed by atoms with Gasteiger partial charge in [0.05, 0.1) is 49.4 Å². The van der Waals surface area contributed by atoms with Crippen molar-refractivity contribution in [3.8, 4) is 0 Å². The molecule has 2 aromatic heterocycles. The van der Waals surface area contributed by atoms with Gasteiger partial charge in [-0.25, -0.2) is 4.99 Å². The molecule has 1 N–H and O–H groups in total. The fourth-order valence-electron chi connectivity index (χ4n) is 3.61. The highest BCUT2D eigenvalue weighted by Crippen LogP contribution is 2.36. The van der Waals surface area contributed by atoms with Gasteiger partial charge in [0.1, 0.15) is 0 Å². The van der Waals surface area contributed by atoms with Crippen LogP contribution in [0.2, 0.25) is 0 Å². The summed E-state index contributed by atoms with van der Waals surface area (Å²) < 4.78 is 12.2. The number of ether oxygens (including phenoxy) is 2. The van der Waals surface area contributed by atoms with Crippen molar-refractivity contribution in [1.29, 1.82) is 0 Å². The summed E-state index contributed by atoms with van der Waals surface area (Å²) in [7, 11) is 3.01. The van der Waals surface area contributed by atoms with Crippen LogP contribution in [0.4, 0.5) is 5.82 Å². The van der Waals surface area contributed by atoms with E-state index < -0.39 is 5.60 Å². The Bertz CT molecular complexity index is 1090. The molecule has 9 nitrogen and oxygen atoms in total. The van der Waals surface area contributed by atoms with Gasteiger partial charge in [0.15, 0.2) is 11.6 Å². The maximum Gasteiger partial charge on any atom is 0.262 e. The Balaban J connectivity index is 1.93. The highest BCUT2D eigenvalue weighted by Gasteiger charge is 2.37. The molecule has 3 heterocycles. The molecule has 1 atom stereocenters. The molecule has 32 heavy (non-hydrogen) atoms. The van der Waals surface area contributed by atoms with Crippen LogP contribution in [0.3, 0.4) is 0 Å². The number of aromatic nitrogens is 3. The first-order valence-corrected chi connectivity index (χ1v) is 10.2. The van der Waals surface area contributed by atoms with Crippen molar-refractivity contribution in [2.24, 2.45) is 4.99 Å². The molecule has 0 spiro atoms. The van der Waals surface area contributed by atoms with Crippen molar-refractivity contribution < 1.29 is 19.4 Å². The molecule has 2 aromatic rings.